The van der Waals surface area contributed by atoms with Crippen LogP contribution >= 0.6 is 11.3 Å². The van der Waals surface area contributed by atoms with Crippen LogP contribution < -0.4 is 15.4 Å². The Bertz CT molecular complexity index is 748. The monoisotopic (exact) mass is 375 g/mol. The fourth-order valence-corrected chi connectivity index (χ4v) is 3.14. The van der Waals surface area contributed by atoms with E-state index in [4.69, 9.17) is 4.74 Å². The van der Waals surface area contributed by atoms with E-state index in [1.54, 1.807) is 11.3 Å². The number of amides is 2. The van der Waals surface area contributed by atoms with Gasteiger partial charge in [0.15, 0.2) is 6.61 Å². The lowest BCUT2D eigenvalue weighted by molar-refractivity contribution is -0.127. The maximum atomic E-state index is 11.7. The third kappa shape index (κ3) is 5.84. The molecule has 0 bridgehead atoms. The molecule has 1 heterocycles. The fraction of sp³-hybridized carbons (Fsp3) is 0.421. The van der Waals surface area contributed by atoms with Gasteiger partial charge in [-0.2, -0.15) is 0 Å². The SMILES string of the molecule is CCNC(=O)CNC(=O)COc1ccc(-c2nc(C(C)(C)C)cs2)cc1. The summed E-state index contributed by atoms with van der Waals surface area (Å²) in [6, 6.07) is 7.47. The van der Waals surface area contributed by atoms with E-state index in [1.807, 2.05) is 31.2 Å². The summed E-state index contributed by atoms with van der Waals surface area (Å²) < 4.78 is 5.45. The summed E-state index contributed by atoms with van der Waals surface area (Å²) in [6.07, 6.45) is 0. The first-order valence-corrected chi connectivity index (χ1v) is 9.40. The minimum atomic E-state index is -0.338. The molecule has 0 atom stereocenters. The molecule has 0 saturated heterocycles. The molecule has 0 radical (unpaired) electrons. The zero-order valence-corrected chi connectivity index (χ0v) is 16.4. The Balaban J connectivity index is 1.87. The molecule has 0 saturated carbocycles. The van der Waals surface area contributed by atoms with Crippen molar-refractivity contribution in [1.29, 1.82) is 0 Å². The van der Waals surface area contributed by atoms with Crippen molar-refractivity contribution in [2.24, 2.45) is 0 Å². The van der Waals surface area contributed by atoms with E-state index in [0.717, 1.165) is 16.3 Å². The predicted octanol–water partition coefficient (Wildman–Crippen LogP) is 2.74. The van der Waals surface area contributed by atoms with Crippen molar-refractivity contribution in [3.05, 3.63) is 35.3 Å². The molecule has 2 rings (SSSR count). The molecule has 2 N–H and O–H groups in total. The van der Waals surface area contributed by atoms with E-state index in [-0.39, 0.29) is 30.4 Å². The van der Waals surface area contributed by atoms with Crippen LogP contribution in [0.3, 0.4) is 0 Å². The van der Waals surface area contributed by atoms with Gasteiger partial charge in [-0.1, -0.05) is 20.8 Å². The second kappa shape index (κ2) is 8.80. The largest absolute Gasteiger partial charge is 0.484 e. The van der Waals surface area contributed by atoms with Crippen LogP contribution in [0.25, 0.3) is 10.6 Å². The Morgan fingerprint density at radius 2 is 1.81 bits per heavy atom. The molecular weight excluding hydrogens is 350 g/mol. The number of nitrogens with zero attached hydrogens (tertiary/aromatic N) is 1. The lowest BCUT2D eigenvalue weighted by Gasteiger charge is -2.14. The summed E-state index contributed by atoms with van der Waals surface area (Å²) in [7, 11) is 0. The van der Waals surface area contributed by atoms with Gasteiger partial charge in [0.25, 0.3) is 5.91 Å². The molecule has 0 aliphatic carbocycles. The normalized spacial score (nSPS) is 11.1. The van der Waals surface area contributed by atoms with Gasteiger partial charge in [-0.3, -0.25) is 9.59 Å². The van der Waals surface area contributed by atoms with Crippen molar-refractivity contribution >= 4 is 23.2 Å². The smallest absolute Gasteiger partial charge is 0.258 e. The number of thiazole rings is 1. The summed E-state index contributed by atoms with van der Waals surface area (Å²) in [6.45, 7) is 8.59. The van der Waals surface area contributed by atoms with Gasteiger partial charge in [0.2, 0.25) is 5.91 Å². The van der Waals surface area contributed by atoms with Gasteiger partial charge in [-0.25, -0.2) is 4.98 Å². The number of nitrogens with one attached hydrogen (secondary N) is 2. The first-order valence-electron chi connectivity index (χ1n) is 8.52. The number of carbonyl (C=O) groups excluding carboxylic acids is 2. The molecule has 0 aliphatic rings. The average molecular weight is 375 g/mol. The Morgan fingerprint density at radius 3 is 2.38 bits per heavy atom. The average Bonchev–Trinajstić information content (AvgIpc) is 3.09. The summed E-state index contributed by atoms with van der Waals surface area (Å²) in [5.74, 6) is 0.0351. The molecule has 0 unspecified atom stereocenters. The van der Waals surface area contributed by atoms with E-state index in [2.05, 4.69) is 41.8 Å². The number of ether oxygens (including phenoxy) is 1. The van der Waals surface area contributed by atoms with Gasteiger partial charge in [-0.05, 0) is 31.2 Å². The highest BCUT2D eigenvalue weighted by Gasteiger charge is 2.17. The molecule has 26 heavy (non-hydrogen) atoms. The lowest BCUT2D eigenvalue weighted by atomic mass is 9.93. The molecule has 2 aromatic rings. The van der Waals surface area contributed by atoms with Gasteiger partial charge in [0.05, 0.1) is 12.2 Å². The minimum Gasteiger partial charge on any atom is -0.484 e. The van der Waals surface area contributed by atoms with Crippen molar-refractivity contribution < 1.29 is 14.3 Å². The quantitative estimate of drug-likeness (QED) is 0.780. The molecular formula is C19H25N3O3S. The molecule has 0 aliphatic heterocycles. The van der Waals surface area contributed by atoms with Crippen LogP contribution in [-0.2, 0) is 15.0 Å². The van der Waals surface area contributed by atoms with Crippen LogP contribution in [0.15, 0.2) is 29.6 Å². The first kappa shape index (κ1) is 19.9. The standard InChI is InChI=1S/C19H25N3O3S/c1-5-20-16(23)10-21-17(24)11-25-14-8-6-13(7-9-14)18-22-15(12-26-18)19(2,3)4/h6-9,12H,5,10-11H2,1-4H3,(H,20,23)(H,21,24). The number of carbonyl (C=O) groups is 2. The predicted molar refractivity (Wildman–Crippen MR) is 103 cm³/mol. The van der Waals surface area contributed by atoms with Crippen LogP contribution in [0, 0.1) is 0 Å². The van der Waals surface area contributed by atoms with Gasteiger partial charge in [-0.15, -0.1) is 11.3 Å². The Hall–Kier alpha value is -2.41. The van der Waals surface area contributed by atoms with E-state index in [1.165, 1.54) is 0 Å². The van der Waals surface area contributed by atoms with Crippen LogP contribution in [0.2, 0.25) is 0 Å². The maximum absolute atomic E-state index is 11.7. The number of benzene rings is 1. The third-order valence-corrected chi connectivity index (χ3v) is 4.46. The third-order valence-electron chi connectivity index (χ3n) is 3.56. The zero-order valence-electron chi connectivity index (χ0n) is 15.6. The lowest BCUT2D eigenvalue weighted by Crippen LogP contribution is -2.38. The topological polar surface area (TPSA) is 80.3 Å². The Labute approximate surface area is 158 Å². The van der Waals surface area contributed by atoms with E-state index in [0.29, 0.717) is 12.3 Å². The van der Waals surface area contributed by atoms with Crippen LogP contribution in [0.1, 0.15) is 33.4 Å². The van der Waals surface area contributed by atoms with Crippen molar-refractivity contribution in [1.82, 2.24) is 15.6 Å². The van der Waals surface area contributed by atoms with Gasteiger partial charge in [0.1, 0.15) is 10.8 Å². The summed E-state index contributed by atoms with van der Waals surface area (Å²) in [5.41, 5.74) is 2.11. The molecule has 2 amide bonds. The van der Waals surface area contributed by atoms with Crippen LogP contribution in [0.5, 0.6) is 5.75 Å². The second-order valence-corrected chi connectivity index (χ2v) is 7.69. The van der Waals surface area contributed by atoms with Crippen molar-refractivity contribution in [3.63, 3.8) is 0 Å². The Morgan fingerprint density at radius 1 is 1.12 bits per heavy atom. The summed E-state index contributed by atoms with van der Waals surface area (Å²) in [4.78, 5) is 27.7. The molecule has 7 heteroatoms. The number of likely N-dealkylation sites (N-methyl/N-ethyl adjacent to an activating group) is 1. The minimum absolute atomic E-state index is 0.0270. The Kier molecular flexibility index (Phi) is 6.74. The fourth-order valence-electron chi connectivity index (χ4n) is 2.08. The number of hydrogen-bond acceptors (Lipinski definition) is 5. The highest BCUT2D eigenvalue weighted by Crippen LogP contribution is 2.30. The number of aromatic nitrogens is 1. The molecule has 140 valence electrons. The zero-order chi connectivity index (χ0) is 19.2. The summed E-state index contributed by atoms with van der Waals surface area (Å²) >= 11 is 1.61. The van der Waals surface area contributed by atoms with Crippen molar-refractivity contribution in [3.8, 4) is 16.3 Å². The molecule has 0 spiro atoms. The maximum Gasteiger partial charge on any atom is 0.258 e. The molecule has 1 aromatic heterocycles. The van der Waals surface area contributed by atoms with Crippen LogP contribution in [0.4, 0.5) is 0 Å². The van der Waals surface area contributed by atoms with Gasteiger partial charge >= 0.3 is 0 Å². The first-order chi connectivity index (χ1) is 12.3. The second-order valence-electron chi connectivity index (χ2n) is 6.83. The van der Waals surface area contributed by atoms with Gasteiger partial charge < -0.3 is 15.4 Å². The van der Waals surface area contributed by atoms with Gasteiger partial charge in [0, 0.05) is 22.9 Å². The molecule has 6 nitrogen and oxygen atoms in total. The van der Waals surface area contributed by atoms with E-state index in [9.17, 15) is 9.59 Å². The highest BCUT2D eigenvalue weighted by molar-refractivity contribution is 7.13. The number of rotatable bonds is 7. The van der Waals surface area contributed by atoms with Crippen molar-refractivity contribution in [2.45, 2.75) is 33.1 Å². The summed E-state index contributed by atoms with van der Waals surface area (Å²) in [5, 5.41) is 8.16. The molecule has 0 fully saturated rings. The van der Waals surface area contributed by atoms with E-state index >= 15 is 0 Å². The van der Waals surface area contributed by atoms with Crippen LogP contribution in [-0.4, -0.2) is 36.5 Å². The molecule has 1 aromatic carbocycles. The number of hydrogen-bond donors (Lipinski definition) is 2. The van der Waals surface area contributed by atoms with Crippen molar-refractivity contribution in [2.75, 3.05) is 19.7 Å². The highest BCUT2D eigenvalue weighted by atomic mass is 32.1. The van der Waals surface area contributed by atoms with E-state index < -0.39 is 0 Å².